The number of carbonyl (C=O) groups excluding carboxylic acids is 1. The van der Waals surface area contributed by atoms with Gasteiger partial charge in [0.1, 0.15) is 12.4 Å². The molecule has 2 aromatic carbocycles. The van der Waals surface area contributed by atoms with Gasteiger partial charge in [0, 0.05) is 6.54 Å². The zero-order valence-electron chi connectivity index (χ0n) is 16.0. The lowest BCUT2D eigenvalue weighted by Gasteiger charge is -2.29. The van der Waals surface area contributed by atoms with Crippen LogP contribution in [0.1, 0.15) is 36.5 Å². The maximum absolute atomic E-state index is 12.4. The number of aryl methyl sites for hydroxylation is 1. The Labute approximate surface area is 167 Å². The van der Waals surface area contributed by atoms with Gasteiger partial charge in [-0.15, -0.1) is 12.4 Å². The Morgan fingerprint density at radius 2 is 1.89 bits per heavy atom. The van der Waals surface area contributed by atoms with Crippen LogP contribution in [0.25, 0.3) is 0 Å². The highest BCUT2D eigenvalue weighted by molar-refractivity contribution is 5.85. The second-order valence-corrected chi connectivity index (χ2v) is 7.55. The first-order valence-electron chi connectivity index (χ1n) is 9.27. The first-order chi connectivity index (χ1) is 12.5. The van der Waals surface area contributed by atoms with Crippen LogP contribution in [-0.2, 0) is 17.8 Å². The van der Waals surface area contributed by atoms with Gasteiger partial charge in [0.25, 0.3) is 0 Å². The van der Waals surface area contributed by atoms with Crippen molar-refractivity contribution >= 4 is 18.3 Å². The standard InChI is InChI=1S/C22H28N2O2.ClH/c1-16-5-3-7-18(11-16)14-26-20-8-4-6-17(12-20)13-21(25)24-22(2,15-23)19-9-10-19;/h3-8,11-12,19H,9-10,13-15,23H2,1-2H3,(H,24,25);1H. The molecule has 2 aromatic rings. The van der Waals surface area contributed by atoms with Crippen molar-refractivity contribution in [2.24, 2.45) is 11.7 Å². The van der Waals surface area contributed by atoms with Crippen LogP contribution in [0.15, 0.2) is 48.5 Å². The van der Waals surface area contributed by atoms with Crippen molar-refractivity contribution in [1.29, 1.82) is 0 Å². The minimum absolute atomic E-state index is 0. The predicted octanol–water partition coefficient (Wildman–Crippen LogP) is 3.78. The molecule has 0 saturated heterocycles. The van der Waals surface area contributed by atoms with E-state index in [2.05, 4.69) is 30.4 Å². The lowest BCUT2D eigenvalue weighted by atomic mass is 9.95. The Morgan fingerprint density at radius 1 is 1.19 bits per heavy atom. The number of rotatable bonds is 8. The molecule has 0 bridgehead atoms. The highest BCUT2D eigenvalue weighted by Crippen LogP contribution is 2.39. The molecule has 1 atom stereocenters. The minimum Gasteiger partial charge on any atom is -0.489 e. The fourth-order valence-electron chi connectivity index (χ4n) is 3.30. The van der Waals surface area contributed by atoms with Gasteiger partial charge in [-0.05, 0) is 55.9 Å². The lowest BCUT2D eigenvalue weighted by Crippen LogP contribution is -2.53. The van der Waals surface area contributed by atoms with Gasteiger partial charge in [0.05, 0.1) is 12.0 Å². The van der Waals surface area contributed by atoms with Gasteiger partial charge < -0.3 is 15.8 Å². The summed E-state index contributed by atoms with van der Waals surface area (Å²) < 4.78 is 5.89. The van der Waals surface area contributed by atoms with E-state index in [0.717, 1.165) is 29.7 Å². The summed E-state index contributed by atoms with van der Waals surface area (Å²) in [7, 11) is 0. The van der Waals surface area contributed by atoms with E-state index in [-0.39, 0.29) is 23.9 Å². The van der Waals surface area contributed by atoms with Crippen LogP contribution < -0.4 is 15.8 Å². The predicted molar refractivity (Wildman–Crippen MR) is 111 cm³/mol. The van der Waals surface area contributed by atoms with Gasteiger partial charge in [0.2, 0.25) is 5.91 Å². The number of nitrogens with one attached hydrogen (secondary N) is 1. The Bertz CT molecular complexity index is 776. The van der Waals surface area contributed by atoms with Crippen molar-refractivity contribution in [2.45, 2.75) is 45.3 Å². The molecule has 27 heavy (non-hydrogen) atoms. The molecular formula is C22H29ClN2O2. The maximum atomic E-state index is 12.4. The molecule has 1 amide bonds. The summed E-state index contributed by atoms with van der Waals surface area (Å²) in [6.07, 6.45) is 2.64. The Morgan fingerprint density at radius 3 is 2.56 bits per heavy atom. The summed E-state index contributed by atoms with van der Waals surface area (Å²) in [6, 6.07) is 16.0. The van der Waals surface area contributed by atoms with E-state index in [1.165, 1.54) is 5.56 Å². The Balaban J connectivity index is 0.00000261. The number of benzene rings is 2. The quantitative estimate of drug-likeness (QED) is 0.723. The zero-order chi connectivity index (χ0) is 18.6. The molecule has 0 aromatic heterocycles. The number of nitrogens with two attached hydrogens (primary N) is 1. The topological polar surface area (TPSA) is 64.3 Å². The maximum Gasteiger partial charge on any atom is 0.224 e. The third-order valence-corrected chi connectivity index (χ3v) is 5.08. The number of hydrogen-bond donors (Lipinski definition) is 2. The van der Waals surface area contributed by atoms with Crippen LogP contribution in [0.2, 0.25) is 0 Å². The number of carbonyl (C=O) groups is 1. The minimum atomic E-state index is -0.281. The second kappa shape index (κ2) is 9.25. The fourth-order valence-corrected chi connectivity index (χ4v) is 3.30. The van der Waals surface area contributed by atoms with E-state index in [0.29, 0.717) is 25.5 Å². The summed E-state index contributed by atoms with van der Waals surface area (Å²) in [5.41, 5.74) is 8.90. The highest BCUT2D eigenvalue weighted by Gasteiger charge is 2.41. The molecular weight excluding hydrogens is 360 g/mol. The van der Waals surface area contributed by atoms with E-state index >= 15 is 0 Å². The first-order valence-corrected chi connectivity index (χ1v) is 9.27. The smallest absolute Gasteiger partial charge is 0.224 e. The third-order valence-electron chi connectivity index (χ3n) is 5.08. The normalized spacial score (nSPS) is 15.4. The summed E-state index contributed by atoms with van der Waals surface area (Å²) >= 11 is 0. The summed E-state index contributed by atoms with van der Waals surface area (Å²) in [6.45, 7) is 5.11. The van der Waals surface area contributed by atoms with Gasteiger partial charge in [0.15, 0.2) is 0 Å². The van der Waals surface area contributed by atoms with Crippen LogP contribution in [0.3, 0.4) is 0 Å². The monoisotopic (exact) mass is 388 g/mol. The second-order valence-electron chi connectivity index (χ2n) is 7.55. The van der Waals surface area contributed by atoms with Gasteiger partial charge >= 0.3 is 0 Å². The molecule has 3 rings (SSSR count). The average Bonchev–Trinajstić information content (AvgIpc) is 3.46. The van der Waals surface area contributed by atoms with Crippen LogP contribution in [-0.4, -0.2) is 18.0 Å². The summed E-state index contributed by atoms with van der Waals surface area (Å²) in [5, 5.41) is 3.13. The van der Waals surface area contributed by atoms with Crippen LogP contribution in [0.4, 0.5) is 0 Å². The molecule has 4 nitrogen and oxygen atoms in total. The van der Waals surface area contributed by atoms with Gasteiger partial charge in [-0.3, -0.25) is 4.79 Å². The molecule has 0 aliphatic heterocycles. The third kappa shape index (κ3) is 5.98. The fraction of sp³-hybridized carbons (Fsp3) is 0.409. The van der Waals surface area contributed by atoms with Crippen LogP contribution in [0, 0.1) is 12.8 Å². The molecule has 146 valence electrons. The molecule has 0 spiro atoms. The number of amides is 1. The first kappa shape index (κ1) is 21.3. The molecule has 1 aliphatic rings. The van der Waals surface area contributed by atoms with Gasteiger partial charge in [-0.2, -0.15) is 0 Å². The zero-order valence-corrected chi connectivity index (χ0v) is 16.9. The number of hydrogen-bond acceptors (Lipinski definition) is 3. The molecule has 1 saturated carbocycles. The number of halogens is 1. The van der Waals surface area contributed by atoms with E-state index in [9.17, 15) is 4.79 Å². The molecule has 1 unspecified atom stereocenters. The van der Waals surface area contributed by atoms with Gasteiger partial charge in [-0.1, -0.05) is 42.0 Å². The molecule has 1 fully saturated rings. The van der Waals surface area contributed by atoms with E-state index in [1.807, 2.05) is 37.3 Å². The average molecular weight is 389 g/mol. The Hall–Kier alpha value is -2.04. The highest BCUT2D eigenvalue weighted by atomic mass is 35.5. The van der Waals surface area contributed by atoms with Crippen molar-refractivity contribution in [3.05, 3.63) is 65.2 Å². The van der Waals surface area contributed by atoms with Crippen LogP contribution in [0.5, 0.6) is 5.75 Å². The lowest BCUT2D eigenvalue weighted by molar-refractivity contribution is -0.122. The van der Waals surface area contributed by atoms with Gasteiger partial charge in [-0.25, -0.2) is 0 Å². The molecule has 5 heteroatoms. The largest absolute Gasteiger partial charge is 0.489 e. The van der Waals surface area contributed by atoms with E-state index in [1.54, 1.807) is 0 Å². The van der Waals surface area contributed by atoms with Crippen molar-refractivity contribution in [3.8, 4) is 5.75 Å². The summed E-state index contributed by atoms with van der Waals surface area (Å²) in [4.78, 5) is 12.4. The van der Waals surface area contributed by atoms with Crippen LogP contribution >= 0.6 is 12.4 Å². The summed E-state index contributed by atoms with van der Waals surface area (Å²) in [5.74, 6) is 1.31. The molecule has 3 N–H and O–H groups in total. The van der Waals surface area contributed by atoms with Crippen molar-refractivity contribution < 1.29 is 9.53 Å². The number of ether oxygens (including phenoxy) is 1. The van der Waals surface area contributed by atoms with Crippen molar-refractivity contribution in [3.63, 3.8) is 0 Å². The molecule has 1 aliphatic carbocycles. The van der Waals surface area contributed by atoms with Crippen molar-refractivity contribution in [2.75, 3.05) is 6.54 Å². The molecule has 0 heterocycles. The van der Waals surface area contributed by atoms with E-state index in [4.69, 9.17) is 10.5 Å². The SMILES string of the molecule is Cc1cccc(COc2cccc(CC(=O)NC(C)(CN)C3CC3)c2)c1.Cl. The molecule has 0 radical (unpaired) electrons. The Kier molecular flexibility index (Phi) is 7.28. The van der Waals surface area contributed by atoms with Crippen molar-refractivity contribution in [1.82, 2.24) is 5.32 Å². The van der Waals surface area contributed by atoms with E-state index < -0.39 is 0 Å².